The van der Waals surface area contributed by atoms with Crippen molar-refractivity contribution in [1.82, 2.24) is 5.32 Å². The highest BCUT2D eigenvalue weighted by Gasteiger charge is 2.12. The Kier molecular flexibility index (Phi) is 4.77. The molecule has 1 amide bonds. The summed E-state index contributed by atoms with van der Waals surface area (Å²) in [5.74, 6) is -1.07. The van der Waals surface area contributed by atoms with Crippen LogP contribution in [0.5, 0.6) is 0 Å². The zero-order chi connectivity index (χ0) is 15.2. The van der Waals surface area contributed by atoms with Crippen molar-refractivity contribution in [1.29, 1.82) is 0 Å². The molecule has 0 fully saturated rings. The van der Waals surface area contributed by atoms with Gasteiger partial charge in [-0.1, -0.05) is 12.1 Å². The molecule has 1 unspecified atom stereocenters. The second-order valence-electron chi connectivity index (χ2n) is 4.90. The van der Waals surface area contributed by atoms with Gasteiger partial charge in [-0.05, 0) is 37.1 Å². The van der Waals surface area contributed by atoms with Crippen LogP contribution in [0.25, 0.3) is 11.1 Å². The van der Waals surface area contributed by atoms with Crippen LogP contribution in [0, 0.1) is 0 Å². The van der Waals surface area contributed by atoms with Crippen molar-refractivity contribution < 1.29 is 19.1 Å². The number of amides is 1. The number of nitrogens with one attached hydrogen (secondary N) is 1. The second kappa shape index (κ2) is 6.74. The minimum absolute atomic E-state index is 0.0382. The van der Waals surface area contributed by atoms with Gasteiger partial charge in [0.25, 0.3) is 5.91 Å². The van der Waals surface area contributed by atoms with Gasteiger partial charge in [0.15, 0.2) is 0 Å². The van der Waals surface area contributed by atoms with Crippen LogP contribution >= 0.6 is 0 Å². The Labute approximate surface area is 122 Å². The standard InChI is InChI=1S/C16H17NO4/c1-11(5-6-15(18)19)17-16(20)13-4-2-3-12(9-13)14-7-8-21-10-14/h2-4,7-11H,5-6H2,1H3,(H,17,20)(H,18,19). The van der Waals surface area contributed by atoms with E-state index in [0.29, 0.717) is 12.0 Å². The van der Waals surface area contributed by atoms with Gasteiger partial charge in [0.05, 0.1) is 12.5 Å². The number of rotatable bonds is 6. The average Bonchev–Trinajstić information content (AvgIpc) is 2.99. The van der Waals surface area contributed by atoms with Gasteiger partial charge in [0, 0.05) is 23.6 Å². The van der Waals surface area contributed by atoms with Crippen molar-refractivity contribution in [2.45, 2.75) is 25.8 Å². The lowest BCUT2D eigenvalue weighted by molar-refractivity contribution is -0.137. The molecule has 2 aromatic rings. The van der Waals surface area contributed by atoms with E-state index in [4.69, 9.17) is 9.52 Å². The van der Waals surface area contributed by atoms with Crippen LogP contribution in [-0.2, 0) is 4.79 Å². The molecule has 0 spiro atoms. The summed E-state index contributed by atoms with van der Waals surface area (Å²) >= 11 is 0. The van der Waals surface area contributed by atoms with Gasteiger partial charge in [-0.2, -0.15) is 0 Å². The van der Waals surface area contributed by atoms with E-state index >= 15 is 0 Å². The van der Waals surface area contributed by atoms with E-state index < -0.39 is 5.97 Å². The summed E-state index contributed by atoms with van der Waals surface area (Å²) in [4.78, 5) is 22.7. The van der Waals surface area contributed by atoms with E-state index in [-0.39, 0.29) is 18.4 Å². The quantitative estimate of drug-likeness (QED) is 0.856. The van der Waals surface area contributed by atoms with E-state index in [1.807, 2.05) is 12.1 Å². The lowest BCUT2D eigenvalue weighted by Crippen LogP contribution is -2.32. The Morgan fingerprint density at radius 3 is 2.76 bits per heavy atom. The monoisotopic (exact) mass is 287 g/mol. The van der Waals surface area contributed by atoms with E-state index in [0.717, 1.165) is 11.1 Å². The number of hydrogen-bond donors (Lipinski definition) is 2. The summed E-state index contributed by atoms with van der Waals surface area (Å²) in [5, 5.41) is 11.4. The lowest BCUT2D eigenvalue weighted by atomic mass is 10.1. The molecule has 2 N–H and O–H groups in total. The first-order valence-electron chi connectivity index (χ1n) is 6.71. The summed E-state index contributed by atoms with van der Waals surface area (Å²) in [5.41, 5.74) is 2.34. The first-order chi connectivity index (χ1) is 10.1. The first-order valence-corrected chi connectivity index (χ1v) is 6.71. The van der Waals surface area contributed by atoms with Gasteiger partial charge >= 0.3 is 5.97 Å². The molecule has 5 nitrogen and oxygen atoms in total. The number of benzene rings is 1. The molecule has 2 rings (SSSR count). The summed E-state index contributed by atoms with van der Waals surface area (Å²) < 4.78 is 5.03. The van der Waals surface area contributed by atoms with Crippen LogP contribution in [-0.4, -0.2) is 23.0 Å². The molecule has 0 aliphatic heterocycles. The molecule has 110 valence electrons. The lowest BCUT2D eigenvalue weighted by Gasteiger charge is -2.13. The third-order valence-electron chi connectivity index (χ3n) is 3.15. The number of carbonyl (C=O) groups is 2. The molecule has 0 bridgehead atoms. The van der Waals surface area contributed by atoms with Gasteiger partial charge in [0.1, 0.15) is 0 Å². The maximum Gasteiger partial charge on any atom is 0.303 e. The fourth-order valence-electron chi connectivity index (χ4n) is 1.99. The number of carboxylic acid groups (broad SMARTS) is 1. The van der Waals surface area contributed by atoms with E-state index in [9.17, 15) is 9.59 Å². The normalized spacial score (nSPS) is 11.9. The third-order valence-corrected chi connectivity index (χ3v) is 3.15. The average molecular weight is 287 g/mol. The molecule has 5 heteroatoms. The zero-order valence-electron chi connectivity index (χ0n) is 11.7. The minimum Gasteiger partial charge on any atom is -0.481 e. The van der Waals surface area contributed by atoms with Crippen molar-refractivity contribution in [2.24, 2.45) is 0 Å². The summed E-state index contributed by atoms with van der Waals surface area (Å²) in [6, 6.07) is 8.85. The van der Waals surface area contributed by atoms with Gasteiger partial charge in [-0.25, -0.2) is 0 Å². The number of furan rings is 1. The molecule has 1 atom stereocenters. The molecule has 0 aliphatic carbocycles. The molecule has 0 saturated carbocycles. The zero-order valence-corrected chi connectivity index (χ0v) is 11.7. The number of aliphatic carboxylic acids is 1. The Hall–Kier alpha value is -2.56. The smallest absolute Gasteiger partial charge is 0.303 e. The number of carbonyl (C=O) groups excluding carboxylic acids is 1. The predicted octanol–water partition coefficient (Wildman–Crippen LogP) is 2.93. The maximum atomic E-state index is 12.1. The molecular weight excluding hydrogens is 270 g/mol. The largest absolute Gasteiger partial charge is 0.481 e. The van der Waals surface area contributed by atoms with Crippen LogP contribution in [0.15, 0.2) is 47.3 Å². The summed E-state index contributed by atoms with van der Waals surface area (Å²) in [6.45, 7) is 1.79. The van der Waals surface area contributed by atoms with Crippen molar-refractivity contribution in [3.63, 3.8) is 0 Å². The van der Waals surface area contributed by atoms with E-state index in [1.54, 1.807) is 37.6 Å². The molecule has 0 radical (unpaired) electrons. The Morgan fingerprint density at radius 1 is 1.29 bits per heavy atom. The Bertz CT molecular complexity index is 619. The van der Waals surface area contributed by atoms with Crippen molar-refractivity contribution >= 4 is 11.9 Å². The molecule has 1 aromatic carbocycles. The fraction of sp³-hybridized carbons (Fsp3) is 0.250. The number of carboxylic acids is 1. The Balaban J connectivity index is 2.03. The molecule has 0 saturated heterocycles. The SMILES string of the molecule is CC(CCC(=O)O)NC(=O)c1cccc(-c2ccoc2)c1. The highest BCUT2D eigenvalue weighted by atomic mass is 16.4. The molecule has 1 aromatic heterocycles. The molecule has 1 heterocycles. The Morgan fingerprint density at radius 2 is 2.10 bits per heavy atom. The summed E-state index contributed by atoms with van der Waals surface area (Å²) in [7, 11) is 0. The van der Waals surface area contributed by atoms with Crippen molar-refractivity contribution in [2.75, 3.05) is 0 Å². The van der Waals surface area contributed by atoms with Gasteiger partial charge in [-0.15, -0.1) is 0 Å². The van der Waals surface area contributed by atoms with E-state index in [1.165, 1.54) is 0 Å². The van der Waals surface area contributed by atoms with E-state index in [2.05, 4.69) is 5.32 Å². The molecular formula is C16H17NO4. The summed E-state index contributed by atoms with van der Waals surface area (Å²) in [6.07, 6.45) is 3.64. The van der Waals surface area contributed by atoms with Crippen LogP contribution in [0.2, 0.25) is 0 Å². The predicted molar refractivity (Wildman–Crippen MR) is 77.9 cm³/mol. The van der Waals surface area contributed by atoms with Crippen molar-refractivity contribution in [3.05, 3.63) is 48.4 Å². The van der Waals surface area contributed by atoms with Gasteiger partial charge in [0.2, 0.25) is 0 Å². The minimum atomic E-state index is -0.863. The topological polar surface area (TPSA) is 79.5 Å². The highest BCUT2D eigenvalue weighted by molar-refractivity contribution is 5.95. The van der Waals surface area contributed by atoms with Crippen molar-refractivity contribution in [3.8, 4) is 11.1 Å². The van der Waals surface area contributed by atoms with Crippen LogP contribution in [0.4, 0.5) is 0 Å². The first kappa shape index (κ1) is 14.8. The van der Waals surface area contributed by atoms with Crippen LogP contribution < -0.4 is 5.32 Å². The molecule has 21 heavy (non-hydrogen) atoms. The highest BCUT2D eigenvalue weighted by Crippen LogP contribution is 2.20. The van der Waals surface area contributed by atoms with Gasteiger partial charge < -0.3 is 14.8 Å². The van der Waals surface area contributed by atoms with Gasteiger partial charge in [-0.3, -0.25) is 9.59 Å². The number of hydrogen-bond acceptors (Lipinski definition) is 3. The second-order valence-corrected chi connectivity index (χ2v) is 4.90. The molecule has 0 aliphatic rings. The fourth-order valence-corrected chi connectivity index (χ4v) is 1.99. The van der Waals surface area contributed by atoms with Crippen LogP contribution in [0.1, 0.15) is 30.1 Å². The maximum absolute atomic E-state index is 12.1. The van der Waals surface area contributed by atoms with Crippen LogP contribution in [0.3, 0.4) is 0 Å². The third kappa shape index (κ3) is 4.21.